The molecule has 0 spiro atoms. The Labute approximate surface area is 184 Å². The number of aliphatic imine (C=N–C) groups is 1. The van der Waals surface area contributed by atoms with E-state index >= 15 is 0 Å². The van der Waals surface area contributed by atoms with Gasteiger partial charge >= 0.3 is 0 Å². The molecule has 1 atom stereocenters. The molecule has 1 heterocycles. The van der Waals surface area contributed by atoms with Gasteiger partial charge < -0.3 is 10.2 Å². The van der Waals surface area contributed by atoms with Gasteiger partial charge in [-0.05, 0) is 36.1 Å². The fraction of sp³-hybridized carbons (Fsp3) is 0.350. The van der Waals surface area contributed by atoms with Gasteiger partial charge in [0.1, 0.15) is 0 Å². The monoisotopic (exact) mass is 514 g/mol. The molecule has 6 nitrogen and oxygen atoms in total. The maximum absolute atomic E-state index is 11.3. The average Bonchev–Trinajstić information content (AvgIpc) is 3.15. The van der Waals surface area contributed by atoms with Crippen molar-refractivity contribution in [1.82, 2.24) is 10.2 Å². The lowest BCUT2D eigenvalue weighted by atomic mass is 9.99. The van der Waals surface area contributed by atoms with Gasteiger partial charge in [0.2, 0.25) is 10.0 Å². The summed E-state index contributed by atoms with van der Waals surface area (Å²) in [5.74, 6) is 1.45. The molecule has 0 aromatic heterocycles. The molecule has 1 saturated heterocycles. The van der Waals surface area contributed by atoms with E-state index in [1.165, 1.54) is 5.56 Å². The molecule has 0 amide bonds. The van der Waals surface area contributed by atoms with Crippen molar-refractivity contribution in [1.29, 1.82) is 0 Å². The van der Waals surface area contributed by atoms with E-state index in [0.29, 0.717) is 5.92 Å². The minimum absolute atomic E-state index is 0. The van der Waals surface area contributed by atoms with Gasteiger partial charge in [0.25, 0.3) is 0 Å². The van der Waals surface area contributed by atoms with Gasteiger partial charge in [-0.2, -0.15) is 0 Å². The highest BCUT2D eigenvalue weighted by molar-refractivity contribution is 14.0. The Morgan fingerprint density at radius 3 is 2.46 bits per heavy atom. The quantitative estimate of drug-likeness (QED) is 0.365. The fourth-order valence-electron chi connectivity index (χ4n) is 3.45. The Bertz CT molecular complexity index is 886. The third kappa shape index (κ3) is 5.92. The number of nitrogens with two attached hydrogens (primary N) is 1. The summed E-state index contributed by atoms with van der Waals surface area (Å²) >= 11 is 0. The normalized spacial score (nSPS) is 17.3. The van der Waals surface area contributed by atoms with E-state index in [-0.39, 0.29) is 28.9 Å². The molecule has 0 radical (unpaired) electrons. The predicted molar refractivity (Wildman–Crippen MR) is 124 cm³/mol. The Kier molecular flexibility index (Phi) is 8.26. The first-order valence-electron chi connectivity index (χ1n) is 9.09. The van der Waals surface area contributed by atoms with Crippen LogP contribution in [0.15, 0.2) is 64.5 Å². The van der Waals surface area contributed by atoms with Crippen LogP contribution in [0.5, 0.6) is 0 Å². The molecule has 1 aliphatic rings. The van der Waals surface area contributed by atoms with Gasteiger partial charge in [-0.3, -0.25) is 4.99 Å². The molecule has 0 aliphatic carbocycles. The van der Waals surface area contributed by atoms with Crippen LogP contribution in [0.2, 0.25) is 0 Å². The molecular formula is C20H27IN4O2S. The number of halogens is 1. The number of primary sulfonamides is 1. The van der Waals surface area contributed by atoms with E-state index < -0.39 is 10.0 Å². The molecule has 1 aliphatic heterocycles. The van der Waals surface area contributed by atoms with Crippen molar-refractivity contribution in [2.45, 2.75) is 23.7 Å². The molecular weight excluding hydrogens is 487 g/mol. The van der Waals surface area contributed by atoms with Crippen molar-refractivity contribution < 1.29 is 8.42 Å². The molecule has 3 N–H and O–H groups in total. The number of likely N-dealkylation sites (tertiary alicyclic amines) is 1. The standard InChI is InChI=1S/C20H26N4O2S.HI/c1-22-20(24-14-12-18(15-24)17-5-3-2-4-6-17)23-13-11-16-7-9-19(10-8-16)27(21,25)26;/h2-10,18H,11-15H2,1H3,(H,22,23)(H2,21,25,26);1H. The number of hydrogen-bond donors (Lipinski definition) is 2. The lowest BCUT2D eigenvalue weighted by Gasteiger charge is -2.22. The van der Waals surface area contributed by atoms with Gasteiger partial charge in [-0.1, -0.05) is 42.5 Å². The van der Waals surface area contributed by atoms with Crippen LogP contribution in [-0.2, 0) is 16.4 Å². The van der Waals surface area contributed by atoms with Crippen molar-refractivity contribution in [3.63, 3.8) is 0 Å². The van der Waals surface area contributed by atoms with Gasteiger partial charge in [-0.25, -0.2) is 13.6 Å². The van der Waals surface area contributed by atoms with Crippen LogP contribution in [0.3, 0.4) is 0 Å². The predicted octanol–water partition coefficient (Wildman–Crippen LogP) is 2.56. The molecule has 152 valence electrons. The molecule has 2 aromatic rings. The molecule has 0 bridgehead atoms. The number of hydrogen-bond acceptors (Lipinski definition) is 3. The zero-order valence-corrected chi connectivity index (χ0v) is 19.1. The van der Waals surface area contributed by atoms with Gasteiger partial charge in [0, 0.05) is 32.6 Å². The Balaban J connectivity index is 0.00000280. The minimum Gasteiger partial charge on any atom is -0.356 e. The van der Waals surface area contributed by atoms with E-state index in [1.54, 1.807) is 31.3 Å². The van der Waals surface area contributed by atoms with Crippen LogP contribution >= 0.6 is 24.0 Å². The smallest absolute Gasteiger partial charge is 0.238 e. The molecule has 8 heteroatoms. The highest BCUT2D eigenvalue weighted by Crippen LogP contribution is 2.26. The number of sulfonamides is 1. The zero-order valence-electron chi connectivity index (χ0n) is 15.9. The summed E-state index contributed by atoms with van der Waals surface area (Å²) in [7, 11) is -1.83. The number of nitrogens with one attached hydrogen (secondary N) is 1. The molecule has 2 aromatic carbocycles. The largest absolute Gasteiger partial charge is 0.356 e. The van der Waals surface area contributed by atoms with E-state index in [4.69, 9.17) is 5.14 Å². The number of nitrogens with zero attached hydrogens (tertiary/aromatic N) is 2. The summed E-state index contributed by atoms with van der Waals surface area (Å²) in [4.78, 5) is 6.84. The van der Waals surface area contributed by atoms with Crippen molar-refractivity contribution in [2.75, 3.05) is 26.7 Å². The third-order valence-corrected chi connectivity index (χ3v) is 5.85. The van der Waals surface area contributed by atoms with E-state index in [0.717, 1.165) is 44.0 Å². The maximum atomic E-state index is 11.3. The second-order valence-electron chi connectivity index (χ2n) is 6.76. The Morgan fingerprint density at radius 2 is 1.86 bits per heavy atom. The summed E-state index contributed by atoms with van der Waals surface area (Å²) in [5, 5.41) is 8.54. The highest BCUT2D eigenvalue weighted by Gasteiger charge is 2.25. The van der Waals surface area contributed by atoms with Crippen LogP contribution in [0, 0.1) is 0 Å². The van der Waals surface area contributed by atoms with Crippen molar-refractivity contribution in [3.8, 4) is 0 Å². The second-order valence-corrected chi connectivity index (χ2v) is 8.32. The first-order valence-corrected chi connectivity index (χ1v) is 10.6. The lowest BCUT2D eigenvalue weighted by Crippen LogP contribution is -2.40. The third-order valence-electron chi connectivity index (χ3n) is 4.92. The molecule has 1 fully saturated rings. The van der Waals surface area contributed by atoms with Crippen LogP contribution in [0.25, 0.3) is 0 Å². The van der Waals surface area contributed by atoms with Crippen LogP contribution in [0.1, 0.15) is 23.5 Å². The number of benzene rings is 2. The van der Waals surface area contributed by atoms with Crippen molar-refractivity contribution in [3.05, 3.63) is 65.7 Å². The SMILES string of the molecule is CN=C(NCCc1ccc(S(N)(=O)=O)cc1)N1CCC(c2ccccc2)C1.I. The number of rotatable bonds is 5. The zero-order chi connectivity index (χ0) is 19.3. The van der Waals surface area contributed by atoms with Crippen LogP contribution < -0.4 is 10.5 Å². The second kappa shape index (κ2) is 10.2. The summed E-state index contributed by atoms with van der Waals surface area (Å²) in [6.07, 6.45) is 1.90. The Hall–Kier alpha value is -1.65. The van der Waals surface area contributed by atoms with Gasteiger partial charge in [-0.15, -0.1) is 24.0 Å². The topological polar surface area (TPSA) is 87.8 Å². The summed E-state index contributed by atoms with van der Waals surface area (Å²) < 4.78 is 22.6. The first-order chi connectivity index (χ1) is 13.0. The summed E-state index contributed by atoms with van der Waals surface area (Å²) in [5.41, 5.74) is 2.43. The summed E-state index contributed by atoms with van der Waals surface area (Å²) in [6.45, 7) is 2.68. The van der Waals surface area contributed by atoms with Crippen LogP contribution in [0.4, 0.5) is 0 Å². The Morgan fingerprint density at radius 1 is 1.18 bits per heavy atom. The lowest BCUT2D eigenvalue weighted by molar-refractivity contribution is 0.486. The molecule has 3 rings (SSSR count). The molecule has 28 heavy (non-hydrogen) atoms. The van der Waals surface area contributed by atoms with E-state index in [9.17, 15) is 8.42 Å². The number of guanidine groups is 1. The fourth-order valence-corrected chi connectivity index (χ4v) is 3.96. The van der Waals surface area contributed by atoms with Gasteiger partial charge in [0.15, 0.2) is 5.96 Å². The van der Waals surface area contributed by atoms with Crippen molar-refractivity contribution in [2.24, 2.45) is 10.1 Å². The highest BCUT2D eigenvalue weighted by atomic mass is 127. The average molecular weight is 514 g/mol. The van der Waals surface area contributed by atoms with Gasteiger partial charge in [0.05, 0.1) is 4.90 Å². The minimum atomic E-state index is -3.64. The van der Waals surface area contributed by atoms with E-state index in [2.05, 4.69) is 39.5 Å². The first kappa shape index (κ1) is 22.6. The van der Waals surface area contributed by atoms with Crippen LogP contribution in [-0.4, -0.2) is 46.0 Å². The van der Waals surface area contributed by atoms with E-state index in [1.807, 2.05) is 6.07 Å². The maximum Gasteiger partial charge on any atom is 0.238 e. The molecule has 0 saturated carbocycles. The molecule has 1 unspecified atom stereocenters. The van der Waals surface area contributed by atoms with Crippen molar-refractivity contribution >= 4 is 40.0 Å². The summed E-state index contributed by atoms with van der Waals surface area (Å²) in [6, 6.07) is 17.3.